The topological polar surface area (TPSA) is 204 Å². The lowest BCUT2D eigenvalue weighted by Crippen LogP contribution is -1.88. The number of nitro groups is 4. The summed E-state index contributed by atoms with van der Waals surface area (Å²) in [5.74, 6) is 0. The average Bonchev–Trinajstić information content (AvgIpc) is 2.89. The second-order valence-corrected chi connectivity index (χ2v) is 7.22. The maximum Gasteiger partial charge on any atom is 0.269 e. The van der Waals surface area contributed by atoms with Crippen LogP contribution in [-0.2, 0) is 0 Å². The highest BCUT2D eigenvalue weighted by molar-refractivity contribution is 5.66. The Balaban J connectivity index is 0.000000253. The van der Waals surface area contributed by atoms with E-state index in [1.165, 1.54) is 48.5 Å². The molecule has 0 saturated heterocycles. The Morgan fingerprint density at radius 1 is 0.324 bits per heavy atom. The smallest absolute Gasteiger partial charge is 0.269 e. The Bertz CT molecular complexity index is 1180. The minimum Gasteiger partial charge on any atom is -0.412 e. The maximum atomic E-state index is 10.5. The molecule has 37 heavy (non-hydrogen) atoms. The molecule has 0 aliphatic carbocycles. The van der Waals surface area contributed by atoms with Crippen molar-refractivity contribution in [1.29, 1.82) is 0 Å². The van der Waals surface area contributed by atoms with E-state index in [1.54, 1.807) is 48.5 Å². The third-order valence-corrected chi connectivity index (χ3v) is 4.98. The van der Waals surface area contributed by atoms with Crippen LogP contribution in [0, 0.1) is 40.5 Å². The first kappa shape index (κ1) is 27.7. The van der Waals surface area contributed by atoms with E-state index in [1.807, 2.05) is 0 Å². The van der Waals surface area contributed by atoms with Crippen molar-refractivity contribution in [3.05, 3.63) is 138 Å². The first-order valence-corrected chi connectivity index (χ1v) is 10.1. The Kier molecular flexibility index (Phi) is 9.15. The lowest BCUT2D eigenvalue weighted by molar-refractivity contribution is -0.385. The molecule has 13 nitrogen and oxygen atoms in total. The Hall–Kier alpha value is -5.56. The summed E-state index contributed by atoms with van der Waals surface area (Å²) >= 11 is 0. The maximum absolute atomic E-state index is 10.5. The third-order valence-electron chi connectivity index (χ3n) is 4.98. The van der Waals surface area contributed by atoms with Gasteiger partial charge in [-0.2, -0.15) is 0 Å². The second kappa shape index (κ2) is 12.2. The van der Waals surface area contributed by atoms with Crippen LogP contribution in [0.3, 0.4) is 0 Å². The molecule has 4 aromatic rings. The largest absolute Gasteiger partial charge is 0.412 e. The van der Waals surface area contributed by atoms with Gasteiger partial charge in [-0.15, -0.1) is 0 Å². The Morgan fingerprint density at radius 2 is 0.459 bits per heavy atom. The van der Waals surface area contributed by atoms with Crippen LogP contribution >= 0.6 is 0 Å². The number of rotatable bonds is 6. The van der Waals surface area contributed by atoms with Crippen LogP contribution in [0.5, 0.6) is 0 Å². The van der Waals surface area contributed by atoms with E-state index in [9.17, 15) is 40.5 Å². The van der Waals surface area contributed by atoms with Gasteiger partial charge in [0.25, 0.3) is 22.7 Å². The van der Waals surface area contributed by atoms with E-state index in [0.29, 0.717) is 0 Å². The van der Waals surface area contributed by atoms with Crippen molar-refractivity contribution in [2.75, 3.05) is 0 Å². The number of nitrogens with zero attached hydrogens (tertiary/aromatic N) is 4. The minimum atomic E-state index is -0.473. The zero-order chi connectivity index (χ0) is 26.2. The molecule has 0 fully saturated rings. The van der Waals surface area contributed by atoms with Gasteiger partial charge in [-0.3, -0.25) is 40.5 Å². The summed E-state index contributed by atoms with van der Waals surface area (Å²) in [5, 5.41) is 42.0. The second-order valence-electron chi connectivity index (χ2n) is 7.22. The number of benzene rings is 4. The fourth-order valence-electron chi connectivity index (χ4n) is 3.10. The molecule has 0 bridgehead atoms. The lowest BCUT2D eigenvalue weighted by atomic mass is 10.1. The van der Waals surface area contributed by atoms with E-state index in [0.717, 1.165) is 22.3 Å². The van der Waals surface area contributed by atoms with Crippen molar-refractivity contribution in [2.24, 2.45) is 0 Å². The molecule has 0 saturated carbocycles. The van der Waals surface area contributed by atoms with Gasteiger partial charge in [0.15, 0.2) is 0 Å². The molecule has 0 amide bonds. The molecule has 0 radical (unpaired) electrons. The molecule has 0 aliphatic heterocycles. The van der Waals surface area contributed by atoms with Gasteiger partial charge in [0.05, 0.1) is 19.7 Å². The van der Waals surface area contributed by atoms with E-state index in [2.05, 4.69) is 0 Å². The standard InChI is InChI=1S/2C12H8N2O4.H2O/c2*15-13(16)11-5-1-9(2-6-11)10-3-7-12(8-4-10)14(17)18;/h2*1-8H;1H2. The van der Waals surface area contributed by atoms with E-state index in [-0.39, 0.29) is 28.2 Å². The lowest BCUT2D eigenvalue weighted by Gasteiger charge is -2.00. The van der Waals surface area contributed by atoms with E-state index in [4.69, 9.17) is 0 Å². The molecule has 0 aromatic heterocycles. The quantitative estimate of drug-likeness (QED) is 0.240. The van der Waals surface area contributed by atoms with Gasteiger partial charge in [-0.1, -0.05) is 0 Å². The molecule has 0 atom stereocenters. The molecule has 4 rings (SSSR count). The molecular weight excluding hydrogens is 488 g/mol. The van der Waals surface area contributed by atoms with Crippen molar-refractivity contribution < 1.29 is 25.2 Å². The van der Waals surface area contributed by atoms with Crippen molar-refractivity contribution in [3.8, 4) is 22.3 Å². The summed E-state index contributed by atoms with van der Waals surface area (Å²) in [7, 11) is 0. The normalized spacial score (nSPS) is 9.73. The van der Waals surface area contributed by atoms with Crippen LogP contribution in [0.25, 0.3) is 22.3 Å². The summed E-state index contributed by atoms with van der Waals surface area (Å²) in [6.45, 7) is 0. The molecule has 13 heteroatoms. The van der Waals surface area contributed by atoms with Crippen LogP contribution in [0.15, 0.2) is 97.1 Å². The van der Waals surface area contributed by atoms with Gasteiger partial charge in [0, 0.05) is 48.5 Å². The van der Waals surface area contributed by atoms with Crippen molar-refractivity contribution in [2.45, 2.75) is 0 Å². The van der Waals surface area contributed by atoms with Gasteiger partial charge in [-0.25, -0.2) is 0 Å². The Morgan fingerprint density at radius 3 is 0.568 bits per heavy atom. The summed E-state index contributed by atoms with van der Waals surface area (Å²) in [6.07, 6.45) is 0. The molecular formula is C24H18N4O9. The summed E-state index contributed by atoms with van der Waals surface area (Å²) in [6, 6.07) is 24.1. The van der Waals surface area contributed by atoms with Crippen LogP contribution in [0.4, 0.5) is 22.7 Å². The zero-order valence-electron chi connectivity index (χ0n) is 18.8. The van der Waals surface area contributed by atoms with Gasteiger partial charge in [0.1, 0.15) is 0 Å². The molecule has 0 heterocycles. The molecule has 0 spiro atoms. The van der Waals surface area contributed by atoms with Gasteiger partial charge in [0.2, 0.25) is 0 Å². The summed E-state index contributed by atoms with van der Waals surface area (Å²) in [5.41, 5.74) is 3.15. The monoisotopic (exact) mass is 506 g/mol. The molecule has 2 N–H and O–H groups in total. The Labute approximate surface area is 208 Å². The average molecular weight is 506 g/mol. The van der Waals surface area contributed by atoms with Gasteiger partial charge >= 0.3 is 0 Å². The van der Waals surface area contributed by atoms with Gasteiger partial charge in [-0.05, 0) is 70.8 Å². The third kappa shape index (κ3) is 7.21. The van der Waals surface area contributed by atoms with E-state index < -0.39 is 19.7 Å². The molecule has 0 unspecified atom stereocenters. The van der Waals surface area contributed by atoms with Crippen molar-refractivity contribution >= 4 is 22.7 Å². The van der Waals surface area contributed by atoms with Crippen LogP contribution in [0.2, 0.25) is 0 Å². The highest BCUT2D eigenvalue weighted by atomic mass is 16.6. The van der Waals surface area contributed by atoms with Gasteiger partial charge < -0.3 is 5.48 Å². The minimum absolute atomic E-state index is 0. The van der Waals surface area contributed by atoms with Crippen LogP contribution in [-0.4, -0.2) is 25.2 Å². The SMILES string of the molecule is O.O=[N+]([O-])c1ccc(-c2ccc([N+](=O)[O-])cc2)cc1.O=[N+]([O-])c1ccc(-c2ccc([N+](=O)[O-])cc2)cc1. The zero-order valence-corrected chi connectivity index (χ0v) is 18.8. The molecule has 4 aromatic carbocycles. The number of hydrogen-bond donors (Lipinski definition) is 0. The molecule has 0 aliphatic rings. The highest BCUT2D eigenvalue weighted by Crippen LogP contribution is 2.25. The van der Waals surface area contributed by atoms with Crippen LogP contribution < -0.4 is 0 Å². The summed E-state index contributed by atoms with van der Waals surface area (Å²) in [4.78, 5) is 40.1. The summed E-state index contributed by atoms with van der Waals surface area (Å²) < 4.78 is 0. The number of non-ortho nitro benzene ring substituents is 4. The number of hydrogen-bond acceptors (Lipinski definition) is 8. The predicted molar refractivity (Wildman–Crippen MR) is 134 cm³/mol. The van der Waals surface area contributed by atoms with Crippen molar-refractivity contribution in [3.63, 3.8) is 0 Å². The van der Waals surface area contributed by atoms with Crippen molar-refractivity contribution in [1.82, 2.24) is 0 Å². The highest BCUT2D eigenvalue weighted by Gasteiger charge is 2.09. The van der Waals surface area contributed by atoms with Crippen LogP contribution in [0.1, 0.15) is 0 Å². The predicted octanol–water partition coefficient (Wildman–Crippen LogP) is 5.52. The first-order chi connectivity index (χ1) is 17.2. The fourth-order valence-corrected chi connectivity index (χ4v) is 3.10. The number of nitro benzene ring substituents is 4. The van der Waals surface area contributed by atoms with E-state index >= 15 is 0 Å². The fraction of sp³-hybridized carbons (Fsp3) is 0. The molecule has 188 valence electrons. The first-order valence-electron chi connectivity index (χ1n) is 10.1.